The summed E-state index contributed by atoms with van der Waals surface area (Å²) in [6, 6.07) is 8.54. The monoisotopic (exact) mass is 323 g/mol. The second kappa shape index (κ2) is 5.24. The number of nitriles is 1. The number of nitrogens with two attached hydrogens (primary N) is 1. The second-order valence-corrected chi connectivity index (χ2v) is 4.64. The average Bonchev–Trinajstić information content (AvgIpc) is 2.38. The first-order chi connectivity index (χ1) is 9.01. The predicted molar refractivity (Wildman–Crippen MR) is 72.9 cm³/mol. The van der Waals surface area contributed by atoms with Gasteiger partial charge in [0.1, 0.15) is 17.7 Å². The van der Waals surface area contributed by atoms with Crippen LogP contribution < -0.4 is 11.1 Å². The minimum atomic E-state index is -0.608. The Kier molecular flexibility index (Phi) is 3.67. The molecule has 6 heteroatoms. The van der Waals surface area contributed by atoms with E-state index in [9.17, 15) is 8.78 Å². The predicted octanol–water partition coefficient (Wildman–Crippen LogP) is 3.92. The lowest BCUT2D eigenvalue weighted by Crippen LogP contribution is -1.97. The molecule has 19 heavy (non-hydrogen) atoms. The van der Waals surface area contributed by atoms with E-state index in [0.29, 0.717) is 11.4 Å². The largest absolute Gasteiger partial charge is 0.398 e. The summed E-state index contributed by atoms with van der Waals surface area (Å²) in [4.78, 5) is 0. The molecule has 3 nitrogen and oxygen atoms in total. The first kappa shape index (κ1) is 13.3. The van der Waals surface area contributed by atoms with Crippen molar-refractivity contribution < 1.29 is 8.78 Å². The van der Waals surface area contributed by atoms with Crippen molar-refractivity contribution in [3.05, 3.63) is 52.0 Å². The fraction of sp³-hybridized carbons (Fsp3) is 0. The Labute approximate surface area is 116 Å². The number of nitrogen functional groups attached to an aromatic ring is 1. The lowest BCUT2D eigenvalue weighted by molar-refractivity contribution is 0.598. The van der Waals surface area contributed by atoms with Crippen molar-refractivity contribution in [3.8, 4) is 6.07 Å². The molecular formula is C13H8BrF2N3. The second-order valence-electron chi connectivity index (χ2n) is 3.78. The number of nitrogens with one attached hydrogen (secondary N) is 1. The summed E-state index contributed by atoms with van der Waals surface area (Å²) in [5.41, 5.74) is 6.60. The van der Waals surface area contributed by atoms with E-state index < -0.39 is 11.6 Å². The standard InChI is InChI=1S/C13H8BrF2N3/c14-9-4-11(16)13(5-10(9)15)19-8-1-2-12(18)7(3-8)6-17/h1-5,19H,18H2. The minimum absolute atomic E-state index is 0.0191. The molecule has 96 valence electrons. The molecule has 0 radical (unpaired) electrons. The van der Waals surface area contributed by atoms with Gasteiger partial charge in [0.15, 0.2) is 0 Å². The van der Waals surface area contributed by atoms with Crippen LogP contribution in [0.25, 0.3) is 0 Å². The van der Waals surface area contributed by atoms with E-state index in [4.69, 9.17) is 11.0 Å². The van der Waals surface area contributed by atoms with Crippen LogP contribution in [0, 0.1) is 23.0 Å². The minimum Gasteiger partial charge on any atom is -0.398 e. The van der Waals surface area contributed by atoms with Crippen molar-refractivity contribution in [3.63, 3.8) is 0 Å². The molecule has 2 aromatic carbocycles. The van der Waals surface area contributed by atoms with Crippen LogP contribution in [-0.2, 0) is 0 Å². The molecule has 0 amide bonds. The number of hydrogen-bond acceptors (Lipinski definition) is 3. The van der Waals surface area contributed by atoms with Crippen molar-refractivity contribution in [1.82, 2.24) is 0 Å². The number of hydrogen-bond donors (Lipinski definition) is 2. The van der Waals surface area contributed by atoms with Gasteiger partial charge in [-0.1, -0.05) is 0 Å². The molecule has 0 aliphatic rings. The van der Waals surface area contributed by atoms with E-state index in [1.54, 1.807) is 6.07 Å². The fourth-order valence-electron chi connectivity index (χ4n) is 1.50. The lowest BCUT2D eigenvalue weighted by atomic mass is 10.1. The normalized spacial score (nSPS) is 10.0. The van der Waals surface area contributed by atoms with Crippen LogP contribution in [0.1, 0.15) is 5.56 Å². The van der Waals surface area contributed by atoms with Gasteiger partial charge in [-0.3, -0.25) is 0 Å². The third kappa shape index (κ3) is 2.83. The number of nitrogens with zero attached hydrogens (tertiary/aromatic N) is 1. The molecule has 2 aromatic rings. The van der Waals surface area contributed by atoms with Gasteiger partial charge in [-0.25, -0.2) is 8.78 Å². The van der Waals surface area contributed by atoms with Crippen LogP contribution >= 0.6 is 15.9 Å². The maximum absolute atomic E-state index is 13.6. The Hall–Kier alpha value is -2.13. The summed E-state index contributed by atoms with van der Waals surface area (Å²) in [5, 5.41) is 11.5. The van der Waals surface area contributed by atoms with E-state index in [2.05, 4.69) is 21.2 Å². The van der Waals surface area contributed by atoms with Gasteiger partial charge in [-0.15, -0.1) is 0 Å². The number of rotatable bonds is 2. The molecule has 0 unspecified atom stereocenters. The Bertz CT molecular complexity index is 680. The lowest BCUT2D eigenvalue weighted by Gasteiger charge is -2.09. The van der Waals surface area contributed by atoms with Crippen molar-refractivity contribution >= 4 is 33.0 Å². The van der Waals surface area contributed by atoms with E-state index >= 15 is 0 Å². The van der Waals surface area contributed by atoms with Crippen LogP contribution in [0.5, 0.6) is 0 Å². The van der Waals surface area contributed by atoms with Gasteiger partial charge >= 0.3 is 0 Å². The van der Waals surface area contributed by atoms with Gasteiger partial charge in [0, 0.05) is 17.4 Å². The quantitative estimate of drug-likeness (QED) is 0.650. The molecule has 0 bridgehead atoms. The maximum atomic E-state index is 13.6. The highest BCUT2D eigenvalue weighted by Crippen LogP contribution is 2.27. The maximum Gasteiger partial charge on any atom is 0.147 e. The molecule has 0 atom stereocenters. The first-order valence-corrected chi connectivity index (χ1v) is 6.01. The smallest absolute Gasteiger partial charge is 0.147 e. The molecule has 2 rings (SSSR count). The van der Waals surface area contributed by atoms with E-state index in [0.717, 1.165) is 12.1 Å². The summed E-state index contributed by atoms with van der Waals surface area (Å²) in [5.74, 6) is -1.19. The highest BCUT2D eigenvalue weighted by atomic mass is 79.9. The van der Waals surface area contributed by atoms with Crippen molar-refractivity contribution in [2.24, 2.45) is 0 Å². The molecular weight excluding hydrogens is 316 g/mol. The third-order valence-electron chi connectivity index (χ3n) is 2.46. The van der Waals surface area contributed by atoms with Gasteiger partial charge < -0.3 is 11.1 Å². The van der Waals surface area contributed by atoms with Crippen molar-refractivity contribution in [2.45, 2.75) is 0 Å². The highest BCUT2D eigenvalue weighted by molar-refractivity contribution is 9.10. The third-order valence-corrected chi connectivity index (χ3v) is 3.07. The summed E-state index contributed by atoms with van der Waals surface area (Å²) in [6.45, 7) is 0. The van der Waals surface area contributed by atoms with Crippen LogP contribution in [0.2, 0.25) is 0 Å². The zero-order valence-electron chi connectivity index (χ0n) is 9.55. The van der Waals surface area contributed by atoms with Gasteiger partial charge in [0.2, 0.25) is 0 Å². The summed E-state index contributed by atoms with van der Waals surface area (Å²) in [7, 11) is 0. The zero-order chi connectivity index (χ0) is 14.0. The van der Waals surface area contributed by atoms with Crippen molar-refractivity contribution in [1.29, 1.82) is 5.26 Å². The van der Waals surface area contributed by atoms with Crippen LogP contribution in [-0.4, -0.2) is 0 Å². The summed E-state index contributed by atoms with van der Waals surface area (Å²) >= 11 is 2.90. The first-order valence-electron chi connectivity index (χ1n) is 5.22. The van der Waals surface area contributed by atoms with E-state index in [-0.39, 0.29) is 15.7 Å². The van der Waals surface area contributed by atoms with Crippen LogP contribution in [0.15, 0.2) is 34.8 Å². The fourth-order valence-corrected chi connectivity index (χ4v) is 1.82. The Morgan fingerprint density at radius 1 is 1.16 bits per heavy atom. The highest BCUT2D eigenvalue weighted by Gasteiger charge is 2.09. The number of anilines is 3. The number of halogens is 3. The molecule has 0 spiro atoms. The molecule has 0 aliphatic carbocycles. The molecule has 0 aromatic heterocycles. The summed E-state index contributed by atoms with van der Waals surface area (Å²) in [6.07, 6.45) is 0. The number of benzene rings is 2. The SMILES string of the molecule is N#Cc1cc(Nc2cc(F)c(Br)cc2F)ccc1N. The molecule has 3 N–H and O–H groups in total. The molecule has 0 saturated carbocycles. The Morgan fingerprint density at radius 3 is 2.58 bits per heavy atom. The van der Waals surface area contributed by atoms with Gasteiger partial charge in [-0.2, -0.15) is 5.26 Å². The van der Waals surface area contributed by atoms with Crippen LogP contribution in [0.3, 0.4) is 0 Å². The molecule has 0 aliphatic heterocycles. The zero-order valence-corrected chi connectivity index (χ0v) is 11.1. The van der Waals surface area contributed by atoms with E-state index in [1.807, 2.05) is 6.07 Å². The molecule has 0 fully saturated rings. The Balaban J connectivity index is 2.37. The molecule has 0 saturated heterocycles. The van der Waals surface area contributed by atoms with Gasteiger partial charge in [0.25, 0.3) is 0 Å². The van der Waals surface area contributed by atoms with E-state index in [1.165, 1.54) is 12.1 Å². The topological polar surface area (TPSA) is 61.8 Å². The Morgan fingerprint density at radius 2 is 1.89 bits per heavy atom. The van der Waals surface area contributed by atoms with Crippen molar-refractivity contribution in [2.75, 3.05) is 11.1 Å². The summed E-state index contributed by atoms with van der Waals surface area (Å²) < 4.78 is 27.0. The van der Waals surface area contributed by atoms with Gasteiger partial charge in [-0.05, 0) is 40.2 Å². The van der Waals surface area contributed by atoms with Crippen LogP contribution in [0.4, 0.5) is 25.8 Å². The molecule has 0 heterocycles. The van der Waals surface area contributed by atoms with Gasteiger partial charge in [0.05, 0.1) is 15.7 Å². The average molecular weight is 324 g/mol.